The van der Waals surface area contributed by atoms with Crippen molar-refractivity contribution in [3.05, 3.63) is 93.8 Å². The van der Waals surface area contributed by atoms with Crippen LogP contribution in [0.4, 0.5) is 18.9 Å². The number of unbranched alkanes of at least 4 members (excludes halogenated alkanes) is 2. The molecule has 1 aromatic heterocycles. The Morgan fingerprint density at radius 3 is 2.50 bits per heavy atom. The highest BCUT2D eigenvalue weighted by molar-refractivity contribution is 7.99. The van der Waals surface area contributed by atoms with E-state index in [0.29, 0.717) is 34.7 Å². The van der Waals surface area contributed by atoms with Gasteiger partial charge in [0.25, 0.3) is 5.56 Å². The van der Waals surface area contributed by atoms with Crippen LogP contribution in [0.5, 0.6) is 0 Å². The fourth-order valence-corrected chi connectivity index (χ4v) is 5.04. The number of halogens is 3. The summed E-state index contributed by atoms with van der Waals surface area (Å²) in [5, 5.41) is 3.59. The maximum atomic E-state index is 13.3. The van der Waals surface area contributed by atoms with Gasteiger partial charge in [0.05, 0.1) is 22.2 Å². The zero-order chi connectivity index (χ0) is 27.3. The zero-order valence-electron chi connectivity index (χ0n) is 21.1. The Balaban J connectivity index is 1.41. The Morgan fingerprint density at radius 2 is 1.74 bits per heavy atom. The maximum Gasteiger partial charge on any atom is 0.416 e. The topological polar surface area (TPSA) is 64.0 Å². The first kappa shape index (κ1) is 27.4. The fraction of sp³-hybridized carbons (Fsp3) is 0.276. The van der Waals surface area contributed by atoms with E-state index >= 15 is 0 Å². The van der Waals surface area contributed by atoms with Crippen LogP contribution in [0.15, 0.2) is 76.7 Å². The van der Waals surface area contributed by atoms with Crippen molar-refractivity contribution >= 4 is 34.3 Å². The molecular weight excluding hydrogens is 511 g/mol. The normalized spacial score (nSPS) is 11.6. The first-order valence-corrected chi connectivity index (χ1v) is 13.3. The standard InChI is InChI=1S/C29H28F3N3O2S/c1-19-14-15-22(17-20(19)2)33-26(36)13-4-3-7-16-38-28-34-25-12-6-5-11-24(25)27(37)35(28)23-10-8-9-21(18-23)29(30,31)32/h5-6,8-12,14-15,17-18H,3-4,7,13,16H2,1-2H3,(H,33,36). The summed E-state index contributed by atoms with van der Waals surface area (Å²) in [6.07, 6.45) is -1.90. The van der Waals surface area contributed by atoms with Gasteiger partial charge in [-0.3, -0.25) is 14.2 Å². The number of alkyl halides is 3. The van der Waals surface area contributed by atoms with Crippen LogP contribution in [-0.4, -0.2) is 21.2 Å². The second-order valence-electron chi connectivity index (χ2n) is 9.11. The summed E-state index contributed by atoms with van der Waals surface area (Å²) in [5.74, 6) is 0.554. The van der Waals surface area contributed by atoms with E-state index in [1.165, 1.54) is 34.0 Å². The van der Waals surface area contributed by atoms with Crippen LogP contribution in [0.1, 0.15) is 42.4 Å². The molecular formula is C29H28F3N3O2S. The number of thioether (sulfide) groups is 1. The van der Waals surface area contributed by atoms with Gasteiger partial charge in [0.15, 0.2) is 5.16 Å². The van der Waals surface area contributed by atoms with Crippen LogP contribution < -0.4 is 10.9 Å². The Kier molecular flexibility index (Phi) is 8.56. The fourth-order valence-electron chi connectivity index (χ4n) is 4.03. The molecule has 0 atom stereocenters. The molecule has 0 spiro atoms. The van der Waals surface area contributed by atoms with Gasteiger partial charge < -0.3 is 5.32 Å². The number of nitrogens with one attached hydrogen (secondary N) is 1. The third-order valence-corrected chi connectivity index (χ3v) is 7.27. The van der Waals surface area contributed by atoms with Crippen LogP contribution in [0.3, 0.4) is 0 Å². The minimum Gasteiger partial charge on any atom is -0.326 e. The van der Waals surface area contributed by atoms with Crippen molar-refractivity contribution in [3.63, 3.8) is 0 Å². The molecule has 9 heteroatoms. The summed E-state index contributed by atoms with van der Waals surface area (Å²) < 4.78 is 41.3. The smallest absolute Gasteiger partial charge is 0.326 e. The van der Waals surface area contributed by atoms with Crippen LogP contribution in [0.25, 0.3) is 16.6 Å². The number of benzene rings is 3. The molecule has 1 amide bonds. The molecule has 0 unspecified atom stereocenters. The molecule has 0 saturated carbocycles. The number of nitrogens with zero attached hydrogens (tertiary/aromatic N) is 2. The summed E-state index contributed by atoms with van der Waals surface area (Å²) in [4.78, 5) is 30.2. The molecule has 3 aromatic carbocycles. The second kappa shape index (κ2) is 11.9. The Bertz CT molecular complexity index is 1520. The van der Waals surface area contributed by atoms with Crippen LogP contribution in [0, 0.1) is 13.8 Å². The average molecular weight is 540 g/mol. The monoisotopic (exact) mass is 539 g/mol. The summed E-state index contributed by atoms with van der Waals surface area (Å²) in [6, 6.07) is 17.3. The van der Waals surface area contributed by atoms with Crippen molar-refractivity contribution in [2.24, 2.45) is 0 Å². The van der Waals surface area contributed by atoms with Gasteiger partial charge in [-0.15, -0.1) is 0 Å². The largest absolute Gasteiger partial charge is 0.416 e. The van der Waals surface area contributed by atoms with Crippen molar-refractivity contribution in [1.82, 2.24) is 9.55 Å². The van der Waals surface area contributed by atoms with Crippen molar-refractivity contribution in [2.45, 2.75) is 50.9 Å². The number of carbonyl (C=O) groups excluding carboxylic acids is 1. The Hall–Kier alpha value is -3.59. The van der Waals surface area contributed by atoms with E-state index < -0.39 is 17.3 Å². The highest BCUT2D eigenvalue weighted by atomic mass is 32.2. The SMILES string of the molecule is Cc1ccc(NC(=O)CCCCCSc2nc3ccccc3c(=O)n2-c2cccc(C(F)(F)F)c2)cc1C. The van der Waals surface area contributed by atoms with Crippen LogP contribution >= 0.6 is 11.8 Å². The quantitative estimate of drug-likeness (QED) is 0.138. The minimum absolute atomic E-state index is 0.0458. The van der Waals surface area contributed by atoms with E-state index in [-0.39, 0.29) is 11.6 Å². The molecule has 5 nitrogen and oxygen atoms in total. The van der Waals surface area contributed by atoms with Gasteiger partial charge in [-0.1, -0.05) is 42.4 Å². The number of amides is 1. The average Bonchev–Trinajstić information content (AvgIpc) is 2.88. The first-order chi connectivity index (χ1) is 18.1. The first-order valence-electron chi connectivity index (χ1n) is 12.3. The lowest BCUT2D eigenvalue weighted by atomic mass is 10.1. The lowest BCUT2D eigenvalue weighted by Crippen LogP contribution is -2.22. The number of rotatable bonds is 9. The van der Waals surface area contributed by atoms with Gasteiger partial charge in [-0.05, 0) is 80.3 Å². The Labute approximate surface area is 223 Å². The van der Waals surface area contributed by atoms with Crippen molar-refractivity contribution in [2.75, 3.05) is 11.1 Å². The molecule has 1 heterocycles. The number of para-hydroxylation sites is 1. The molecule has 38 heavy (non-hydrogen) atoms. The predicted octanol–water partition coefficient (Wildman–Crippen LogP) is 7.31. The molecule has 4 aromatic rings. The molecule has 0 aliphatic heterocycles. The van der Waals surface area contributed by atoms with Gasteiger partial charge >= 0.3 is 6.18 Å². The third-order valence-electron chi connectivity index (χ3n) is 6.25. The Morgan fingerprint density at radius 1 is 0.947 bits per heavy atom. The predicted molar refractivity (Wildman–Crippen MR) is 146 cm³/mol. The minimum atomic E-state index is -4.53. The number of anilines is 1. The lowest BCUT2D eigenvalue weighted by Gasteiger charge is -2.15. The molecule has 0 bridgehead atoms. The maximum absolute atomic E-state index is 13.3. The number of hydrogen-bond acceptors (Lipinski definition) is 4. The molecule has 4 rings (SSSR count). The van der Waals surface area contributed by atoms with Gasteiger partial charge in [-0.2, -0.15) is 13.2 Å². The molecule has 1 N–H and O–H groups in total. The van der Waals surface area contributed by atoms with Crippen LogP contribution in [0.2, 0.25) is 0 Å². The molecule has 0 aliphatic rings. The summed E-state index contributed by atoms with van der Waals surface area (Å²) >= 11 is 1.32. The highest BCUT2D eigenvalue weighted by Crippen LogP contribution is 2.31. The van der Waals surface area contributed by atoms with Crippen molar-refractivity contribution in [3.8, 4) is 5.69 Å². The summed E-state index contributed by atoms with van der Waals surface area (Å²) in [7, 11) is 0. The molecule has 0 radical (unpaired) electrons. The van der Waals surface area contributed by atoms with Gasteiger partial charge in [-0.25, -0.2) is 4.98 Å². The number of carbonyl (C=O) groups is 1. The van der Waals surface area contributed by atoms with Gasteiger partial charge in [0.1, 0.15) is 0 Å². The van der Waals surface area contributed by atoms with Crippen LogP contribution in [-0.2, 0) is 11.0 Å². The summed E-state index contributed by atoms with van der Waals surface area (Å²) in [6.45, 7) is 4.02. The third kappa shape index (κ3) is 6.64. The van der Waals surface area contributed by atoms with Gasteiger partial charge in [0, 0.05) is 17.9 Å². The molecule has 0 saturated heterocycles. The molecule has 198 valence electrons. The highest BCUT2D eigenvalue weighted by Gasteiger charge is 2.31. The molecule has 0 fully saturated rings. The molecule has 0 aliphatic carbocycles. The number of aryl methyl sites for hydroxylation is 2. The number of fused-ring (bicyclic) bond motifs is 1. The summed E-state index contributed by atoms with van der Waals surface area (Å²) in [5.41, 5.74) is 2.43. The van der Waals surface area contributed by atoms with Crippen molar-refractivity contribution in [1.29, 1.82) is 0 Å². The van der Waals surface area contributed by atoms with Gasteiger partial charge in [0.2, 0.25) is 5.91 Å². The van der Waals surface area contributed by atoms with E-state index in [1.54, 1.807) is 24.3 Å². The number of hydrogen-bond donors (Lipinski definition) is 1. The van der Waals surface area contributed by atoms with E-state index in [9.17, 15) is 22.8 Å². The van der Waals surface area contributed by atoms with E-state index in [0.717, 1.165) is 36.2 Å². The lowest BCUT2D eigenvalue weighted by molar-refractivity contribution is -0.137. The van der Waals surface area contributed by atoms with E-state index in [2.05, 4.69) is 10.3 Å². The zero-order valence-corrected chi connectivity index (χ0v) is 22.0. The van der Waals surface area contributed by atoms with E-state index in [4.69, 9.17) is 0 Å². The van der Waals surface area contributed by atoms with E-state index in [1.807, 2.05) is 32.0 Å². The van der Waals surface area contributed by atoms with Crippen molar-refractivity contribution < 1.29 is 18.0 Å². The number of aromatic nitrogens is 2. The second-order valence-corrected chi connectivity index (χ2v) is 10.2.